The Kier molecular flexibility index (Phi) is 5.81. The van der Waals surface area contributed by atoms with Gasteiger partial charge in [-0.3, -0.25) is 0 Å². The first kappa shape index (κ1) is 16.9. The Labute approximate surface area is 144 Å². The van der Waals surface area contributed by atoms with Gasteiger partial charge in [0.05, 0.1) is 0 Å². The second-order valence-electron chi connectivity index (χ2n) is 4.90. The molecule has 0 heterocycles. The molecule has 0 unspecified atom stereocenters. The normalized spacial score (nSPS) is 11.7. The van der Waals surface area contributed by atoms with Gasteiger partial charge in [-0.1, -0.05) is 67.7 Å². The molecule has 0 fully saturated rings. The summed E-state index contributed by atoms with van der Waals surface area (Å²) in [6, 6.07) is 11.3. The molecule has 0 aliphatic rings. The lowest BCUT2D eigenvalue weighted by molar-refractivity contribution is 0.491. The first-order chi connectivity index (χ1) is 10.0. The van der Waals surface area contributed by atoms with Crippen LogP contribution in [0.2, 0.25) is 5.02 Å². The van der Waals surface area contributed by atoms with E-state index in [4.69, 9.17) is 11.6 Å². The van der Waals surface area contributed by atoms with E-state index in [0.717, 1.165) is 5.56 Å². The Morgan fingerprint density at radius 2 is 1.48 bits per heavy atom. The molecule has 0 nitrogen and oxygen atoms in total. The number of hydrogen-bond donors (Lipinski definition) is 0. The molecule has 0 N–H and O–H groups in total. The molecule has 2 aromatic carbocycles. The molecule has 0 bridgehead atoms. The summed E-state index contributed by atoms with van der Waals surface area (Å²) < 4.78 is 27.9. The summed E-state index contributed by atoms with van der Waals surface area (Å²) in [5.41, 5.74) is 0.417. The van der Waals surface area contributed by atoms with Gasteiger partial charge in [-0.15, -0.1) is 0 Å². The predicted octanol–water partition coefficient (Wildman–Crippen LogP) is 5.89. The molecule has 2 aromatic rings. The highest BCUT2D eigenvalue weighted by atomic mass is 79.9. The van der Waals surface area contributed by atoms with Gasteiger partial charge in [0.1, 0.15) is 11.6 Å². The predicted molar refractivity (Wildman–Crippen MR) is 90.8 cm³/mol. The first-order valence-electron chi connectivity index (χ1n) is 6.34. The third kappa shape index (κ3) is 3.49. The van der Waals surface area contributed by atoms with Crippen molar-refractivity contribution in [2.45, 2.75) is 11.8 Å². The molecule has 0 aliphatic carbocycles. The average molecular weight is 439 g/mol. The summed E-state index contributed by atoms with van der Waals surface area (Å²) in [5.74, 6) is -1.07. The zero-order valence-electron chi connectivity index (χ0n) is 11.1. The summed E-state index contributed by atoms with van der Waals surface area (Å²) in [4.78, 5) is 0. The molecule has 0 radical (unpaired) electrons. The van der Waals surface area contributed by atoms with Crippen LogP contribution in [0.25, 0.3) is 0 Å². The maximum atomic E-state index is 14.0. The van der Waals surface area contributed by atoms with E-state index in [-0.39, 0.29) is 12.0 Å². The first-order valence-corrected chi connectivity index (χ1v) is 8.96. The number of alkyl halides is 2. The van der Waals surface area contributed by atoms with Crippen molar-refractivity contribution in [3.63, 3.8) is 0 Å². The Balaban J connectivity index is 2.51. The van der Waals surface area contributed by atoms with Gasteiger partial charge in [-0.25, -0.2) is 8.78 Å². The fourth-order valence-electron chi connectivity index (χ4n) is 2.30. The van der Waals surface area contributed by atoms with Gasteiger partial charge < -0.3 is 0 Å². The summed E-state index contributed by atoms with van der Waals surface area (Å²) in [7, 11) is 0. The van der Waals surface area contributed by atoms with Gasteiger partial charge >= 0.3 is 0 Å². The molecule has 112 valence electrons. The minimum Gasteiger partial charge on any atom is -0.207 e. The number of hydrogen-bond acceptors (Lipinski definition) is 0. The van der Waals surface area contributed by atoms with Crippen LogP contribution < -0.4 is 0 Å². The smallest absolute Gasteiger partial charge is 0.129 e. The summed E-state index contributed by atoms with van der Waals surface area (Å²) >= 11 is 13.2. The Hall–Kier alpha value is -0.450. The maximum absolute atomic E-state index is 14.0. The molecule has 21 heavy (non-hydrogen) atoms. The standard InChI is InChI=1S/C16H13Br2ClF2/c17-9-16(10-18,12-4-1-2-5-13(12)19)8-11-14(20)6-3-7-15(11)21/h1-7H,8-10H2. The molecule has 2 rings (SSSR count). The zero-order chi connectivity index (χ0) is 15.5. The molecule has 0 atom stereocenters. The largest absolute Gasteiger partial charge is 0.207 e. The van der Waals surface area contributed by atoms with Crippen molar-refractivity contribution in [3.05, 3.63) is 70.2 Å². The third-order valence-corrected chi connectivity index (χ3v) is 6.01. The van der Waals surface area contributed by atoms with Crippen LogP contribution in [0.15, 0.2) is 42.5 Å². The lowest BCUT2D eigenvalue weighted by Gasteiger charge is -2.32. The van der Waals surface area contributed by atoms with Crippen molar-refractivity contribution in [3.8, 4) is 0 Å². The number of benzene rings is 2. The van der Waals surface area contributed by atoms with E-state index in [1.54, 1.807) is 6.07 Å². The van der Waals surface area contributed by atoms with Crippen molar-refractivity contribution in [1.82, 2.24) is 0 Å². The molecule has 0 aromatic heterocycles. The van der Waals surface area contributed by atoms with E-state index in [9.17, 15) is 8.78 Å². The maximum Gasteiger partial charge on any atom is 0.129 e. The van der Waals surface area contributed by atoms with Crippen molar-refractivity contribution >= 4 is 43.5 Å². The SMILES string of the molecule is Fc1cccc(F)c1CC(CBr)(CBr)c1ccccc1Cl. The topological polar surface area (TPSA) is 0 Å². The van der Waals surface area contributed by atoms with E-state index in [2.05, 4.69) is 31.9 Å². The molecule has 0 aliphatic heterocycles. The van der Waals surface area contributed by atoms with E-state index in [0.29, 0.717) is 15.7 Å². The van der Waals surface area contributed by atoms with Crippen molar-refractivity contribution in [2.24, 2.45) is 0 Å². The van der Waals surface area contributed by atoms with E-state index >= 15 is 0 Å². The minimum absolute atomic E-state index is 0.0799. The van der Waals surface area contributed by atoms with Gasteiger partial charge in [0.15, 0.2) is 0 Å². The Morgan fingerprint density at radius 1 is 0.905 bits per heavy atom. The molecule has 5 heteroatoms. The van der Waals surface area contributed by atoms with E-state index in [1.165, 1.54) is 18.2 Å². The zero-order valence-corrected chi connectivity index (χ0v) is 15.0. The van der Waals surface area contributed by atoms with Crippen molar-refractivity contribution < 1.29 is 8.78 Å². The van der Waals surface area contributed by atoms with Crippen LogP contribution in [0.3, 0.4) is 0 Å². The summed E-state index contributed by atoms with van der Waals surface area (Å²) in [6.07, 6.45) is 0.214. The van der Waals surface area contributed by atoms with Crippen molar-refractivity contribution in [2.75, 3.05) is 10.7 Å². The minimum atomic E-state index is -0.534. The van der Waals surface area contributed by atoms with Gasteiger partial charge in [-0.05, 0) is 30.2 Å². The van der Waals surface area contributed by atoms with Crippen LogP contribution in [0.5, 0.6) is 0 Å². The lowest BCUT2D eigenvalue weighted by atomic mass is 9.79. The Bertz CT molecular complexity index is 607. The van der Waals surface area contributed by atoms with Crippen molar-refractivity contribution in [1.29, 1.82) is 0 Å². The molecular formula is C16H13Br2ClF2. The Morgan fingerprint density at radius 3 is 2.00 bits per heavy atom. The second kappa shape index (κ2) is 7.21. The van der Waals surface area contributed by atoms with Gasteiger partial charge in [-0.2, -0.15) is 0 Å². The van der Waals surface area contributed by atoms with Crippen LogP contribution >= 0.6 is 43.5 Å². The molecule has 0 saturated carbocycles. The van der Waals surface area contributed by atoms with Crippen LogP contribution in [0, 0.1) is 11.6 Å². The molecule has 0 amide bonds. The van der Waals surface area contributed by atoms with Crippen LogP contribution in [0.1, 0.15) is 11.1 Å². The van der Waals surface area contributed by atoms with Gasteiger partial charge in [0.2, 0.25) is 0 Å². The fraction of sp³-hybridized carbons (Fsp3) is 0.250. The van der Waals surface area contributed by atoms with E-state index in [1.807, 2.05) is 18.2 Å². The van der Waals surface area contributed by atoms with Crippen LogP contribution in [-0.2, 0) is 11.8 Å². The van der Waals surface area contributed by atoms with Gasteiger partial charge in [0, 0.05) is 26.7 Å². The van der Waals surface area contributed by atoms with Gasteiger partial charge in [0.25, 0.3) is 0 Å². The summed E-state index contributed by atoms with van der Waals surface area (Å²) in [5, 5.41) is 1.65. The lowest BCUT2D eigenvalue weighted by Crippen LogP contribution is -2.34. The average Bonchev–Trinajstić information content (AvgIpc) is 2.49. The fourth-order valence-corrected chi connectivity index (χ4v) is 4.57. The highest BCUT2D eigenvalue weighted by molar-refractivity contribution is 9.09. The highest BCUT2D eigenvalue weighted by Crippen LogP contribution is 2.37. The van der Waals surface area contributed by atoms with Crippen LogP contribution in [0.4, 0.5) is 8.78 Å². The highest BCUT2D eigenvalue weighted by Gasteiger charge is 2.34. The molecule has 0 saturated heterocycles. The summed E-state index contributed by atoms with van der Waals surface area (Å²) in [6.45, 7) is 0. The molecule has 0 spiro atoms. The second-order valence-corrected chi connectivity index (χ2v) is 6.43. The molecular weight excluding hydrogens is 425 g/mol. The number of halogens is 5. The quantitative estimate of drug-likeness (QED) is 0.511. The monoisotopic (exact) mass is 436 g/mol. The van der Waals surface area contributed by atoms with Crippen LogP contribution in [-0.4, -0.2) is 10.7 Å². The third-order valence-electron chi connectivity index (χ3n) is 3.53. The van der Waals surface area contributed by atoms with E-state index < -0.39 is 17.0 Å². The number of rotatable bonds is 5.